The second-order valence-electron chi connectivity index (χ2n) is 22.4. The molecule has 0 fully saturated rings. The minimum absolute atomic E-state index is 0.0813. The van der Waals surface area contributed by atoms with Gasteiger partial charge in [-0.1, -0.05) is 303 Å². The zero-order chi connectivity index (χ0) is 58.5. The Morgan fingerprint density at radius 2 is 0.481 bits per heavy atom. The van der Waals surface area contributed by atoms with Crippen molar-refractivity contribution in [2.75, 3.05) is 13.2 Å². The molecular formula is C75H126O6. The Morgan fingerprint density at radius 3 is 0.753 bits per heavy atom. The number of hydrogen-bond donors (Lipinski definition) is 0. The molecule has 0 aliphatic heterocycles. The van der Waals surface area contributed by atoms with Crippen LogP contribution in [0, 0.1) is 0 Å². The van der Waals surface area contributed by atoms with Crippen LogP contribution in [0.25, 0.3) is 0 Å². The second-order valence-corrected chi connectivity index (χ2v) is 22.4. The van der Waals surface area contributed by atoms with Gasteiger partial charge in [-0.2, -0.15) is 0 Å². The number of unbranched alkanes of at least 4 members (excludes halogenated alkanes) is 30. The molecule has 0 amide bonds. The summed E-state index contributed by atoms with van der Waals surface area (Å²) in [4.78, 5) is 38.0. The molecule has 0 aliphatic rings. The quantitative estimate of drug-likeness (QED) is 0.0261. The van der Waals surface area contributed by atoms with Crippen LogP contribution >= 0.6 is 0 Å². The van der Waals surface area contributed by atoms with Crippen LogP contribution in [0.2, 0.25) is 0 Å². The van der Waals surface area contributed by atoms with E-state index < -0.39 is 6.10 Å². The van der Waals surface area contributed by atoms with E-state index in [0.717, 1.165) is 128 Å². The molecule has 0 saturated carbocycles. The number of esters is 3. The van der Waals surface area contributed by atoms with Gasteiger partial charge in [-0.05, 0) is 116 Å². The molecule has 0 aromatic rings. The third kappa shape index (κ3) is 66.5. The summed E-state index contributed by atoms with van der Waals surface area (Å²) in [6, 6.07) is 0. The molecule has 0 spiro atoms. The van der Waals surface area contributed by atoms with E-state index in [1.54, 1.807) is 0 Å². The first-order valence-corrected chi connectivity index (χ1v) is 34.0. The molecule has 1 atom stereocenters. The average molecular weight is 1120 g/mol. The van der Waals surface area contributed by atoms with Crippen molar-refractivity contribution < 1.29 is 28.6 Å². The maximum absolute atomic E-state index is 12.9. The summed E-state index contributed by atoms with van der Waals surface area (Å²) >= 11 is 0. The minimum Gasteiger partial charge on any atom is -0.462 e. The molecule has 6 heteroatoms. The van der Waals surface area contributed by atoms with Gasteiger partial charge in [0, 0.05) is 19.3 Å². The normalized spacial score (nSPS) is 12.9. The van der Waals surface area contributed by atoms with E-state index in [1.165, 1.54) is 148 Å². The molecule has 0 bridgehead atoms. The van der Waals surface area contributed by atoms with Gasteiger partial charge in [0.2, 0.25) is 0 Å². The van der Waals surface area contributed by atoms with Gasteiger partial charge >= 0.3 is 17.9 Å². The largest absolute Gasteiger partial charge is 0.462 e. The molecule has 462 valence electrons. The SMILES string of the molecule is CC/C=C\C/C=C\C/C=C\C/C=C\C/C=C\C/C=C\C/C=C\C/C=C\CCCCCCCCCCC(=O)OCC(COC(=O)CCCCCCC)OC(=O)CCCCCCCCCCCCCCC/C=C\C/C=C\CCCCCCC. The summed E-state index contributed by atoms with van der Waals surface area (Å²) in [7, 11) is 0. The molecule has 0 aromatic carbocycles. The Bertz CT molecular complexity index is 1670. The summed E-state index contributed by atoms with van der Waals surface area (Å²) in [6.45, 7) is 6.44. The van der Waals surface area contributed by atoms with Crippen LogP contribution < -0.4 is 0 Å². The van der Waals surface area contributed by atoms with E-state index in [0.29, 0.717) is 19.3 Å². The summed E-state index contributed by atoms with van der Waals surface area (Å²) in [6.07, 6.45) is 95.5. The van der Waals surface area contributed by atoms with Gasteiger partial charge in [-0.3, -0.25) is 14.4 Å². The first-order chi connectivity index (χ1) is 40.0. The highest BCUT2D eigenvalue weighted by Crippen LogP contribution is 2.16. The van der Waals surface area contributed by atoms with Crippen LogP contribution in [0.4, 0.5) is 0 Å². The van der Waals surface area contributed by atoms with E-state index in [2.05, 4.69) is 142 Å². The standard InChI is InChI=1S/C75H126O6/c1-4-7-10-13-15-17-19-21-23-25-27-29-31-33-34-35-36-37-38-39-40-42-43-45-47-49-51-53-55-57-59-62-65-68-74(77)80-71-72(70-79-73(76)67-64-61-12-9-6-3)81-75(78)69-66-63-60-58-56-54-52-50-48-46-44-41-32-30-28-26-24-22-20-18-16-14-11-8-5-2/h7,10,15,17,20-23,26-29,33-34,36-37,39-40,43,45,72H,4-6,8-9,11-14,16,18-19,24-25,30-32,35,38,41-42,44,46-71H2,1-3H3/b10-7-,17-15-,22-20-,23-21-,28-26-,29-27-,34-33-,37-36-,40-39-,45-43-. The lowest BCUT2D eigenvalue weighted by atomic mass is 10.0. The first kappa shape index (κ1) is 76.8. The van der Waals surface area contributed by atoms with Gasteiger partial charge in [0.05, 0.1) is 0 Å². The molecule has 0 heterocycles. The topological polar surface area (TPSA) is 78.9 Å². The lowest BCUT2D eigenvalue weighted by molar-refractivity contribution is -0.167. The molecular weight excluding hydrogens is 997 g/mol. The molecule has 6 nitrogen and oxygen atoms in total. The lowest BCUT2D eigenvalue weighted by Crippen LogP contribution is -2.30. The lowest BCUT2D eigenvalue weighted by Gasteiger charge is -2.18. The molecule has 0 N–H and O–H groups in total. The van der Waals surface area contributed by atoms with E-state index in [4.69, 9.17) is 14.2 Å². The van der Waals surface area contributed by atoms with Crippen molar-refractivity contribution in [2.24, 2.45) is 0 Å². The number of carbonyl (C=O) groups is 3. The van der Waals surface area contributed by atoms with Gasteiger partial charge in [-0.25, -0.2) is 0 Å². The fraction of sp³-hybridized carbons (Fsp3) is 0.693. The molecule has 0 radical (unpaired) electrons. The zero-order valence-corrected chi connectivity index (χ0v) is 53.0. The Morgan fingerprint density at radius 1 is 0.259 bits per heavy atom. The smallest absolute Gasteiger partial charge is 0.306 e. The Balaban J connectivity index is 4.06. The maximum atomic E-state index is 12.9. The van der Waals surface area contributed by atoms with Gasteiger partial charge in [0.1, 0.15) is 13.2 Å². The summed E-state index contributed by atoms with van der Waals surface area (Å²) in [5.74, 6) is -0.898. The van der Waals surface area contributed by atoms with Crippen molar-refractivity contribution >= 4 is 17.9 Å². The zero-order valence-electron chi connectivity index (χ0n) is 53.0. The number of ether oxygens (including phenoxy) is 3. The highest BCUT2D eigenvalue weighted by atomic mass is 16.6. The van der Waals surface area contributed by atoms with Crippen molar-refractivity contribution in [3.8, 4) is 0 Å². The Kier molecular flexibility index (Phi) is 64.8. The first-order valence-electron chi connectivity index (χ1n) is 34.0. The Labute approximate surface area is 501 Å². The van der Waals surface area contributed by atoms with Crippen LogP contribution in [0.3, 0.4) is 0 Å². The van der Waals surface area contributed by atoms with Crippen molar-refractivity contribution in [3.63, 3.8) is 0 Å². The van der Waals surface area contributed by atoms with Crippen molar-refractivity contribution in [1.82, 2.24) is 0 Å². The number of hydrogen-bond acceptors (Lipinski definition) is 6. The number of allylic oxidation sites excluding steroid dienone is 20. The van der Waals surface area contributed by atoms with Crippen LogP contribution in [0.15, 0.2) is 122 Å². The highest BCUT2D eigenvalue weighted by molar-refractivity contribution is 5.71. The summed E-state index contributed by atoms with van der Waals surface area (Å²) in [5, 5.41) is 0. The molecule has 0 rings (SSSR count). The number of carbonyl (C=O) groups excluding carboxylic acids is 3. The molecule has 0 aliphatic carbocycles. The van der Waals surface area contributed by atoms with E-state index in [-0.39, 0.29) is 31.1 Å². The van der Waals surface area contributed by atoms with Crippen LogP contribution in [-0.4, -0.2) is 37.2 Å². The third-order valence-electron chi connectivity index (χ3n) is 14.5. The van der Waals surface area contributed by atoms with E-state index in [1.807, 2.05) is 0 Å². The van der Waals surface area contributed by atoms with Gasteiger partial charge in [-0.15, -0.1) is 0 Å². The van der Waals surface area contributed by atoms with Crippen LogP contribution in [-0.2, 0) is 28.6 Å². The molecule has 1 unspecified atom stereocenters. The number of rotatable bonds is 61. The minimum atomic E-state index is -0.781. The molecule has 81 heavy (non-hydrogen) atoms. The van der Waals surface area contributed by atoms with Gasteiger partial charge < -0.3 is 14.2 Å². The summed E-state index contributed by atoms with van der Waals surface area (Å²) < 4.78 is 16.8. The Hall–Kier alpha value is -4.19. The summed E-state index contributed by atoms with van der Waals surface area (Å²) in [5.41, 5.74) is 0. The van der Waals surface area contributed by atoms with E-state index >= 15 is 0 Å². The predicted octanol–water partition coefficient (Wildman–Crippen LogP) is 23.6. The van der Waals surface area contributed by atoms with E-state index in [9.17, 15) is 14.4 Å². The fourth-order valence-electron chi connectivity index (χ4n) is 9.37. The van der Waals surface area contributed by atoms with Gasteiger partial charge in [0.25, 0.3) is 0 Å². The maximum Gasteiger partial charge on any atom is 0.306 e. The predicted molar refractivity (Wildman–Crippen MR) is 353 cm³/mol. The van der Waals surface area contributed by atoms with Crippen LogP contribution in [0.5, 0.6) is 0 Å². The highest BCUT2D eigenvalue weighted by Gasteiger charge is 2.19. The monoisotopic (exact) mass is 1120 g/mol. The molecule has 0 aromatic heterocycles. The van der Waals surface area contributed by atoms with Crippen LogP contribution in [0.1, 0.15) is 316 Å². The second kappa shape index (κ2) is 68.3. The van der Waals surface area contributed by atoms with Gasteiger partial charge in [0.15, 0.2) is 6.10 Å². The third-order valence-corrected chi connectivity index (χ3v) is 14.5. The molecule has 0 saturated heterocycles. The average Bonchev–Trinajstić information content (AvgIpc) is 3.47. The fourth-order valence-corrected chi connectivity index (χ4v) is 9.37. The van der Waals surface area contributed by atoms with Crippen molar-refractivity contribution in [3.05, 3.63) is 122 Å². The van der Waals surface area contributed by atoms with Crippen molar-refractivity contribution in [1.29, 1.82) is 0 Å². The van der Waals surface area contributed by atoms with Crippen molar-refractivity contribution in [2.45, 2.75) is 322 Å².